The summed E-state index contributed by atoms with van der Waals surface area (Å²) in [6, 6.07) is 20.4. The summed E-state index contributed by atoms with van der Waals surface area (Å²) in [7, 11) is 0. The first-order valence-corrected chi connectivity index (χ1v) is 13.1. The predicted molar refractivity (Wildman–Crippen MR) is 137 cm³/mol. The highest BCUT2D eigenvalue weighted by molar-refractivity contribution is 5.76. The van der Waals surface area contributed by atoms with Gasteiger partial charge in [-0.15, -0.1) is 0 Å². The average molecular weight is 445 g/mol. The molecule has 2 aliphatic rings. The van der Waals surface area contributed by atoms with Gasteiger partial charge in [-0.05, 0) is 49.3 Å². The van der Waals surface area contributed by atoms with Crippen molar-refractivity contribution in [1.29, 1.82) is 0 Å². The van der Waals surface area contributed by atoms with E-state index in [1.54, 1.807) is 0 Å². The number of rotatable bonds is 5. The highest BCUT2D eigenvalue weighted by atomic mass is 15.2. The van der Waals surface area contributed by atoms with E-state index >= 15 is 0 Å². The third-order valence-electron chi connectivity index (χ3n) is 8.32. The normalized spacial score (nSPS) is 21.3. The van der Waals surface area contributed by atoms with E-state index in [4.69, 9.17) is 10.7 Å². The lowest BCUT2D eigenvalue weighted by Gasteiger charge is -2.48. The van der Waals surface area contributed by atoms with Crippen LogP contribution in [0.5, 0.6) is 0 Å². The second kappa shape index (κ2) is 9.60. The second-order valence-electron chi connectivity index (χ2n) is 10.6. The van der Waals surface area contributed by atoms with Crippen molar-refractivity contribution in [3.8, 4) is 0 Å². The van der Waals surface area contributed by atoms with Gasteiger partial charge in [0, 0.05) is 24.7 Å². The van der Waals surface area contributed by atoms with Crippen LogP contribution in [0.15, 0.2) is 54.6 Å². The fourth-order valence-electron chi connectivity index (χ4n) is 6.38. The van der Waals surface area contributed by atoms with Gasteiger partial charge >= 0.3 is 0 Å². The maximum Gasteiger partial charge on any atom is 0.127 e. The maximum absolute atomic E-state index is 6.67. The summed E-state index contributed by atoms with van der Waals surface area (Å²) in [5, 5.41) is 0. The quantitative estimate of drug-likeness (QED) is 0.452. The topological polar surface area (TPSA) is 47.1 Å². The standard InChI is InChI=1S/C29H40N4/c1-22(2)27(30)28-31-25-14-8-9-15-26(25)33(28)24-16-20-32(21-17-24)29(18-10-3-4-11-19-29)23-12-6-5-7-13-23/h5-9,12-15,22,24,27H,3-4,10-11,16-21,30H2,1-2H3. The summed E-state index contributed by atoms with van der Waals surface area (Å²) in [5.41, 5.74) is 10.7. The maximum atomic E-state index is 6.67. The van der Waals surface area contributed by atoms with Crippen LogP contribution in [0.4, 0.5) is 0 Å². The Labute approximate surface area is 199 Å². The molecular formula is C29H40N4. The average Bonchev–Trinajstić information content (AvgIpc) is 3.06. The van der Waals surface area contributed by atoms with Gasteiger partial charge in [0.2, 0.25) is 0 Å². The first kappa shape index (κ1) is 22.6. The number of likely N-dealkylation sites (tertiary alicyclic amines) is 1. The molecule has 0 spiro atoms. The molecule has 2 heterocycles. The van der Waals surface area contributed by atoms with Crippen molar-refractivity contribution in [3.05, 3.63) is 66.0 Å². The van der Waals surface area contributed by atoms with Crippen LogP contribution < -0.4 is 5.73 Å². The van der Waals surface area contributed by atoms with E-state index in [9.17, 15) is 0 Å². The van der Waals surface area contributed by atoms with Gasteiger partial charge in [-0.25, -0.2) is 4.98 Å². The van der Waals surface area contributed by atoms with Gasteiger partial charge < -0.3 is 10.3 Å². The molecule has 2 aromatic carbocycles. The molecule has 0 radical (unpaired) electrons. The Balaban J connectivity index is 1.44. The number of hydrogen-bond acceptors (Lipinski definition) is 3. The molecule has 4 nitrogen and oxygen atoms in total. The molecular weight excluding hydrogens is 404 g/mol. The van der Waals surface area contributed by atoms with Crippen LogP contribution in [0.3, 0.4) is 0 Å². The van der Waals surface area contributed by atoms with Crippen LogP contribution in [-0.4, -0.2) is 27.5 Å². The van der Waals surface area contributed by atoms with Crippen molar-refractivity contribution in [2.45, 2.75) is 82.8 Å². The molecule has 1 saturated heterocycles. The van der Waals surface area contributed by atoms with E-state index in [1.807, 2.05) is 0 Å². The minimum absolute atomic E-state index is 0.0343. The number of nitrogens with zero attached hydrogens (tertiary/aromatic N) is 3. The van der Waals surface area contributed by atoms with E-state index < -0.39 is 0 Å². The Morgan fingerprint density at radius 1 is 0.879 bits per heavy atom. The van der Waals surface area contributed by atoms with Gasteiger partial charge in [-0.1, -0.05) is 82.0 Å². The molecule has 2 N–H and O–H groups in total. The predicted octanol–water partition coefficient (Wildman–Crippen LogP) is 6.58. The number of nitrogens with two attached hydrogens (primary N) is 1. The number of benzene rings is 2. The number of fused-ring (bicyclic) bond motifs is 1. The van der Waals surface area contributed by atoms with Crippen molar-refractivity contribution < 1.29 is 0 Å². The van der Waals surface area contributed by atoms with Gasteiger partial charge in [0.15, 0.2) is 0 Å². The van der Waals surface area contributed by atoms with E-state index in [0.717, 1.165) is 37.3 Å². The smallest absolute Gasteiger partial charge is 0.127 e. The van der Waals surface area contributed by atoms with Crippen LogP contribution in [-0.2, 0) is 5.54 Å². The molecule has 1 aliphatic carbocycles. The number of hydrogen-bond donors (Lipinski definition) is 1. The summed E-state index contributed by atoms with van der Waals surface area (Å²) < 4.78 is 2.50. The summed E-state index contributed by atoms with van der Waals surface area (Å²) in [6.45, 7) is 6.68. The van der Waals surface area contributed by atoms with Gasteiger partial charge in [0.05, 0.1) is 17.1 Å². The zero-order valence-corrected chi connectivity index (χ0v) is 20.4. The summed E-state index contributed by atoms with van der Waals surface area (Å²) in [4.78, 5) is 7.85. The Kier molecular flexibility index (Phi) is 6.58. The summed E-state index contributed by atoms with van der Waals surface area (Å²) in [6.07, 6.45) is 10.3. The van der Waals surface area contributed by atoms with Crippen LogP contribution in [0.2, 0.25) is 0 Å². The molecule has 2 fully saturated rings. The lowest BCUT2D eigenvalue weighted by Crippen LogP contribution is -2.50. The van der Waals surface area contributed by atoms with E-state index in [1.165, 1.54) is 49.6 Å². The molecule has 1 aromatic heterocycles. The highest BCUT2D eigenvalue weighted by Gasteiger charge is 2.40. The lowest BCUT2D eigenvalue weighted by molar-refractivity contribution is 0.0354. The van der Waals surface area contributed by atoms with Crippen LogP contribution in [0.25, 0.3) is 11.0 Å². The van der Waals surface area contributed by atoms with Crippen molar-refractivity contribution in [1.82, 2.24) is 14.5 Å². The molecule has 1 aliphatic heterocycles. The largest absolute Gasteiger partial charge is 0.323 e. The second-order valence-corrected chi connectivity index (χ2v) is 10.6. The van der Waals surface area contributed by atoms with E-state index in [2.05, 4.69) is 77.9 Å². The van der Waals surface area contributed by atoms with Crippen molar-refractivity contribution in [3.63, 3.8) is 0 Å². The molecule has 0 bridgehead atoms. The zero-order valence-electron chi connectivity index (χ0n) is 20.4. The minimum atomic E-state index is -0.0343. The van der Waals surface area contributed by atoms with Gasteiger partial charge in [-0.2, -0.15) is 0 Å². The minimum Gasteiger partial charge on any atom is -0.323 e. The Morgan fingerprint density at radius 2 is 1.52 bits per heavy atom. The molecule has 176 valence electrons. The molecule has 33 heavy (non-hydrogen) atoms. The highest BCUT2D eigenvalue weighted by Crippen LogP contribution is 2.44. The van der Waals surface area contributed by atoms with Gasteiger partial charge in [0.1, 0.15) is 5.82 Å². The Morgan fingerprint density at radius 3 is 2.18 bits per heavy atom. The lowest BCUT2D eigenvalue weighted by atomic mass is 9.79. The molecule has 4 heteroatoms. The molecule has 3 aromatic rings. The molecule has 1 unspecified atom stereocenters. The van der Waals surface area contributed by atoms with Crippen molar-refractivity contribution >= 4 is 11.0 Å². The van der Waals surface area contributed by atoms with Gasteiger partial charge in [-0.3, -0.25) is 4.90 Å². The van der Waals surface area contributed by atoms with E-state index in [0.29, 0.717) is 12.0 Å². The Bertz CT molecular complexity index is 1040. The van der Waals surface area contributed by atoms with Crippen molar-refractivity contribution in [2.75, 3.05) is 13.1 Å². The third-order valence-corrected chi connectivity index (χ3v) is 8.32. The number of aromatic nitrogens is 2. The number of para-hydroxylation sites is 2. The molecule has 0 amide bonds. The number of imidazole rings is 1. The fraction of sp³-hybridized carbons (Fsp3) is 0.552. The van der Waals surface area contributed by atoms with Gasteiger partial charge in [0.25, 0.3) is 0 Å². The summed E-state index contributed by atoms with van der Waals surface area (Å²) >= 11 is 0. The Hall–Kier alpha value is -2.17. The molecule has 1 saturated carbocycles. The fourth-order valence-corrected chi connectivity index (χ4v) is 6.38. The van der Waals surface area contributed by atoms with E-state index in [-0.39, 0.29) is 11.6 Å². The van der Waals surface area contributed by atoms with Crippen LogP contribution in [0.1, 0.15) is 88.7 Å². The monoisotopic (exact) mass is 444 g/mol. The van der Waals surface area contributed by atoms with Crippen LogP contribution in [0, 0.1) is 5.92 Å². The number of piperidine rings is 1. The first-order valence-electron chi connectivity index (χ1n) is 13.1. The summed E-state index contributed by atoms with van der Waals surface area (Å²) in [5.74, 6) is 1.44. The molecule has 1 atom stereocenters. The van der Waals surface area contributed by atoms with Crippen molar-refractivity contribution in [2.24, 2.45) is 11.7 Å². The molecule has 5 rings (SSSR count). The zero-order chi connectivity index (χ0) is 22.8. The third kappa shape index (κ3) is 4.24. The first-order chi connectivity index (χ1) is 16.1. The van der Waals surface area contributed by atoms with Crippen LogP contribution >= 0.6 is 0 Å². The SMILES string of the molecule is CC(C)C(N)c1nc2ccccc2n1C1CCN(C2(c3ccccc3)CCCCCC2)CC1.